The van der Waals surface area contributed by atoms with Crippen molar-refractivity contribution in [2.75, 3.05) is 5.32 Å². The van der Waals surface area contributed by atoms with E-state index in [1.165, 1.54) is 6.20 Å². The number of carbonyl (C=O) groups excluding carboxylic acids is 2. The lowest BCUT2D eigenvalue weighted by molar-refractivity contribution is 0.0918. The molecule has 0 saturated carbocycles. The van der Waals surface area contributed by atoms with Crippen LogP contribution in [0, 0.1) is 0 Å². The molecule has 2 rings (SSSR count). The number of carbonyl (C=O) groups is 2. The van der Waals surface area contributed by atoms with Crippen LogP contribution >= 0.6 is 0 Å². The minimum Gasteiger partial charge on any atom is -0.347 e. The zero-order chi connectivity index (χ0) is 16.2. The quantitative estimate of drug-likeness (QED) is 0.915. The Morgan fingerprint density at radius 1 is 1.00 bits per heavy atom. The summed E-state index contributed by atoms with van der Waals surface area (Å²) in [6, 6.07) is 10.2. The van der Waals surface area contributed by atoms with Crippen LogP contribution in [0.3, 0.4) is 0 Å². The number of nitrogens with zero attached hydrogens (tertiary/aromatic N) is 1. The van der Waals surface area contributed by atoms with E-state index in [0.29, 0.717) is 16.8 Å². The molecular weight excluding hydrogens is 278 g/mol. The molecule has 22 heavy (non-hydrogen) atoms. The van der Waals surface area contributed by atoms with Gasteiger partial charge in [-0.1, -0.05) is 6.07 Å². The third-order valence-corrected chi connectivity index (χ3v) is 2.79. The molecule has 0 aliphatic rings. The van der Waals surface area contributed by atoms with Crippen molar-refractivity contribution < 1.29 is 9.59 Å². The van der Waals surface area contributed by atoms with Crippen molar-refractivity contribution in [2.45, 2.75) is 26.3 Å². The van der Waals surface area contributed by atoms with E-state index in [1.54, 1.807) is 42.6 Å². The molecule has 0 unspecified atom stereocenters. The van der Waals surface area contributed by atoms with Crippen LogP contribution in [-0.4, -0.2) is 22.3 Å². The van der Waals surface area contributed by atoms with Gasteiger partial charge in [-0.05, 0) is 51.1 Å². The number of hydrogen-bond acceptors (Lipinski definition) is 3. The van der Waals surface area contributed by atoms with Crippen LogP contribution in [0.2, 0.25) is 0 Å². The smallest absolute Gasteiger partial charge is 0.257 e. The largest absolute Gasteiger partial charge is 0.347 e. The van der Waals surface area contributed by atoms with Crippen molar-refractivity contribution >= 4 is 17.5 Å². The molecule has 1 aromatic carbocycles. The predicted octanol–water partition coefficient (Wildman–Crippen LogP) is 2.86. The zero-order valence-corrected chi connectivity index (χ0v) is 12.9. The number of rotatable bonds is 3. The molecular formula is C17H19N3O2. The molecule has 2 N–H and O–H groups in total. The van der Waals surface area contributed by atoms with Crippen LogP contribution in [-0.2, 0) is 0 Å². The lowest BCUT2D eigenvalue weighted by Crippen LogP contribution is -2.40. The second-order valence-electron chi connectivity index (χ2n) is 5.98. The van der Waals surface area contributed by atoms with E-state index in [-0.39, 0.29) is 17.4 Å². The van der Waals surface area contributed by atoms with E-state index in [9.17, 15) is 9.59 Å². The highest BCUT2D eigenvalue weighted by Crippen LogP contribution is 2.13. The molecule has 0 aliphatic heterocycles. The Morgan fingerprint density at radius 2 is 1.73 bits per heavy atom. The van der Waals surface area contributed by atoms with Crippen molar-refractivity contribution in [1.29, 1.82) is 0 Å². The molecule has 0 bridgehead atoms. The minimum absolute atomic E-state index is 0.176. The fourth-order valence-electron chi connectivity index (χ4n) is 1.85. The van der Waals surface area contributed by atoms with Gasteiger partial charge in [0.25, 0.3) is 11.8 Å². The topological polar surface area (TPSA) is 71.1 Å². The monoisotopic (exact) mass is 297 g/mol. The average molecular weight is 297 g/mol. The van der Waals surface area contributed by atoms with Crippen molar-refractivity contribution in [2.24, 2.45) is 0 Å². The lowest BCUT2D eigenvalue weighted by Gasteiger charge is -2.20. The number of benzene rings is 1. The number of nitrogens with one attached hydrogen (secondary N) is 2. The van der Waals surface area contributed by atoms with Gasteiger partial charge in [0.2, 0.25) is 0 Å². The first-order chi connectivity index (χ1) is 10.3. The summed E-state index contributed by atoms with van der Waals surface area (Å²) in [7, 11) is 0. The number of pyridine rings is 1. The van der Waals surface area contributed by atoms with Gasteiger partial charge in [-0.2, -0.15) is 0 Å². The Bertz CT molecular complexity index is 676. The number of hydrogen-bond donors (Lipinski definition) is 2. The predicted molar refractivity (Wildman–Crippen MR) is 85.9 cm³/mol. The summed E-state index contributed by atoms with van der Waals surface area (Å²) >= 11 is 0. The van der Waals surface area contributed by atoms with Gasteiger partial charge in [-0.15, -0.1) is 0 Å². The van der Waals surface area contributed by atoms with Gasteiger partial charge < -0.3 is 10.6 Å². The Balaban J connectivity index is 2.12. The zero-order valence-electron chi connectivity index (χ0n) is 12.9. The number of anilines is 1. The fourth-order valence-corrected chi connectivity index (χ4v) is 1.85. The first-order valence-corrected chi connectivity index (χ1v) is 6.99. The summed E-state index contributed by atoms with van der Waals surface area (Å²) in [5.41, 5.74) is 1.22. The molecule has 5 nitrogen and oxygen atoms in total. The van der Waals surface area contributed by atoms with Gasteiger partial charge in [0, 0.05) is 29.2 Å². The molecule has 0 radical (unpaired) electrons. The van der Waals surface area contributed by atoms with Gasteiger partial charge in [0.15, 0.2) is 0 Å². The van der Waals surface area contributed by atoms with Crippen molar-refractivity contribution in [1.82, 2.24) is 10.3 Å². The second kappa shape index (κ2) is 6.39. The van der Waals surface area contributed by atoms with Crippen molar-refractivity contribution in [3.05, 3.63) is 59.9 Å². The maximum atomic E-state index is 12.1. The second-order valence-corrected chi connectivity index (χ2v) is 5.98. The molecule has 1 aromatic heterocycles. The number of amides is 2. The molecule has 0 fully saturated rings. The highest BCUT2D eigenvalue weighted by molar-refractivity contribution is 6.04. The van der Waals surface area contributed by atoms with E-state index in [0.717, 1.165) is 0 Å². The highest BCUT2D eigenvalue weighted by atomic mass is 16.2. The van der Waals surface area contributed by atoms with Crippen LogP contribution < -0.4 is 10.6 Å². The van der Waals surface area contributed by atoms with Crippen LogP contribution in [0.4, 0.5) is 5.69 Å². The average Bonchev–Trinajstić information content (AvgIpc) is 2.46. The Morgan fingerprint density at radius 3 is 2.36 bits per heavy atom. The summed E-state index contributed by atoms with van der Waals surface area (Å²) in [5.74, 6) is -0.438. The van der Waals surface area contributed by atoms with Gasteiger partial charge >= 0.3 is 0 Å². The van der Waals surface area contributed by atoms with Gasteiger partial charge in [-0.25, -0.2) is 0 Å². The van der Waals surface area contributed by atoms with E-state index in [1.807, 2.05) is 20.8 Å². The summed E-state index contributed by atoms with van der Waals surface area (Å²) in [6.45, 7) is 5.75. The van der Waals surface area contributed by atoms with Crippen LogP contribution in [0.5, 0.6) is 0 Å². The molecule has 0 aliphatic carbocycles. The standard InChI is InChI=1S/C17H19N3O2/c1-17(2,3)20-16(22)12-6-4-8-14(10-12)19-15(21)13-7-5-9-18-11-13/h4-11H,1-3H3,(H,19,21)(H,20,22). The first-order valence-electron chi connectivity index (χ1n) is 6.99. The van der Waals surface area contributed by atoms with E-state index in [2.05, 4.69) is 15.6 Å². The molecule has 0 spiro atoms. The molecule has 0 saturated heterocycles. The SMILES string of the molecule is CC(C)(C)NC(=O)c1cccc(NC(=O)c2cccnc2)c1. The third kappa shape index (κ3) is 4.41. The van der Waals surface area contributed by atoms with Crippen LogP contribution in [0.15, 0.2) is 48.8 Å². The molecule has 5 heteroatoms. The lowest BCUT2D eigenvalue weighted by atomic mass is 10.1. The van der Waals surface area contributed by atoms with E-state index >= 15 is 0 Å². The first kappa shape index (κ1) is 15.7. The normalized spacial score (nSPS) is 10.9. The Hall–Kier alpha value is -2.69. The molecule has 2 amide bonds. The summed E-state index contributed by atoms with van der Waals surface area (Å²) in [4.78, 5) is 28.1. The molecule has 2 aromatic rings. The maximum absolute atomic E-state index is 12.1. The molecule has 0 atom stereocenters. The van der Waals surface area contributed by atoms with Gasteiger partial charge in [0.05, 0.1) is 5.56 Å². The van der Waals surface area contributed by atoms with Gasteiger partial charge in [-0.3, -0.25) is 14.6 Å². The summed E-state index contributed by atoms with van der Waals surface area (Å²) < 4.78 is 0. The minimum atomic E-state index is -0.313. The van der Waals surface area contributed by atoms with Crippen molar-refractivity contribution in [3.63, 3.8) is 0 Å². The summed E-state index contributed by atoms with van der Waals surface area (Å²) in [6.07, 6.45) is 3.10. The van der Waals surface area contributed by atoms with Crippen LogP contribution in [0.1, 0.15) is 41.5 Å². The third-order valence-electron chi connectivity index (χ3n) is 2.79. The Kier molecular flexibility index (Phi) is 4.56. The molecule has 1 heterocycles. The fraction of sp³-hybridized carbons (Fsp3) is 0.235. The highest BCUT2D eigenvalue weighted by Gasteiger charge is 2.15. The van der Waals surface area contributed by atoms with Gasteiger partial charge in [0.1, 0.15) is 0 Å². The maximum Gasteiger partial charge on any atom is 0.257 e. The Labute approximate surface area is 129 Å². The number of aromatic nitrogens is 1. The summed E-state index contributed by atoms with van der Waals surface area (Å²) in [5, 5.41) is 5.64. The van der Waals surface area contributed by atoms with E-state index < -0.39 is 0 Å². The molecule has 114 valence electrons. The van der Waals surface area contributed by atoms with E-state index in [4.69, 9.17) is 0 Å². The van der Waals surface area contributed by atoms with Crippen LogP contribution in [0.25, 0.3) is 0 Å². The van der Waals surface area contributed by atoms with Crippen molar-refractivity contribution in [3.8, 4) is 0 Å².